The zero-order valence-corrected chi connectivity index (χ0v) is 20.3. The lowest BCUT2D eigenvalue weighted by atomic mass is 10.2. The van der Waals surface area contributed by atoms with Crippen molar-refractivity contribution in [3.8, 4) is 0 Å². The number of nitrogens with zero attached hydrogens (tertiary/aromatic N) is 4. The van der Waals surface area contributed by atoms with E-state index in [0.717, 1.165) is 42.4 Å². The highest BCUT2D eigenvalue weighted by Gasteiger charge is 2.20. The van der Waals surface area contributed by atoms with Crippen LogP contribution >= 0.6 is 39.9 Å². The Morgan fingerprint density at radius 3 is 2.38 bits per heavy atom. The number of benzene rings is 1. The minimum absolute atomic E-state index is 0. The van der Waals surface area contributed by atoms with Gasteiger partial charge >= 0.3 is 0 Å². The summed E-state index contributed by atoms with van der Waals surface area (Å²) in [6.45, 7) is 4.70. The van der Waals surface area contributed by atoms with Crippen LogP contribution < -0.4 is 15.5 Å². The summed E-state index contributed by atoms with van der Waals surface area (Å²) in [5.41, 5.74) is 0.651. The van der Waals surface area contributed by atoms with Crippen LogP contribution in [0.4, 0.5) is 5.82 Å². The van der Waals surface area contributed by atoms with Gasteiger partial charge in [-0.25, -0.2) is 4.98 Å². The molecular formula is C20H26BrIN6O. The molecule has 1 fully saturated rings. The number of nitrogens with one attached hydrogen (secondary N) is 2. The molecule has 2 aromatic rings. The van der Waals surface area contributed by atoms with Crippen molar-refractivity contribution in [1.29, 1.82) is 0 Å². The van der Waals surface area contributed by atoms with Crippen molar-refractivity contribution in [1.82, 2.24) is 20.5 Å². The van der Waals surface area contributed by atoms with Gasteiger partial charge in [-0.3, -0.25) is 9.79 Å². The molecule has 1 aliphatic rings. The first-order valence-electron chi connectivity index (χ1n) is 9.33. The first-order valence-corrected chi connectivity index (χ1v) is 10.1. The summed E-state index contributed by atoms with van der Waals surface area (Å²) in [6, 6.07) is 13.3. The topological polar surface area (TPSA) is 72.9 Å². The molecule has 1 aliphatic heterocycles. The lowest BCUT2D eigenvalue weighted by molar-refractivity contribution is 0.0954. The van der Waals surface area contributed by atoms with E-state index in [1.807, 2.05) is 36.5 Å². The number of halogens is 2. The van der Waals surface area contributed by atoms with Crippen molar-refractivity contribution in [2.45, 2.75) is 0 Å². The highest BCUT2D eigenvalue weighted by Crippen LogP contribution is 2.12. The fraction of sp³-hybridized carbons (Fsp3) is 0.350. The molecular weight excluding hydrogens is 547 g/mol. The van der Waals surface area contributed by atoms with Crippen LogP contribution in [0.25, 0.3) is 0 Å². The van der Waals surface area contributed by atoms with E-state index in [0.29, 0.717) is 18.7 Å². The van der Waals surface area contributed by atoms with E-state index in [2.05, 4.69) is 46.3 Å². The van der Waals surface area contributed by atoms with Crippen LogP contribution in [-0.4, -0.2) is 68.1 Å². The predicted octanol–water partition coefficient (Wildman–Crippen LogP) is 2.59. The molecule has 156 valence electrons. The normalized spacial score (nSPS) is 14.2. The number of carbonyl (C=O) groups is 1. The Morgan fingerprint density at radius 2 is 1.76 bits per heavy atom. The Kier molecular flexibility index (Phi) is 9.65. The molecule has 1 amide bonds. The molecule has 2 heterocycles. The number of rotatable bonds is 5. The van der Waals surface area contributed by atoms with Crippen LogP contribution in [0.2, 0.25) is 0 Å². The van der Waals surface area contributed by atoms with Crippen molar-refractivity contribution < 1.29 is 4.79 Å². The fourth-order valence-electron chi connectivity index (χ4n) is 3.07. The molecule has 0 radical (unpaired) electrons. The van der Waals surface area contributed by atoms with E-state index in [4.69, 9.17) is 0 Å². The summed E-state index contributed by atoms with van der Waals surface area (Å²) in [6.07, 6.45) is 1.82. The zero-order valence-electron chi connectivity index (χ0n) is 16.3. The van der Waals surface area contributed by atoms with Crippen molar-refractivity contribution in [2.24, 2.45) is 4.99 Å². The van der Waals surface area contributed by atoms with Crippen LogP contribution in [-0.2, 0) is 0 Å². The summed E-state index contributed by atoms with van der Waals surface area (Å²) >= 11 is 3.37. The lowest BCUT2D eigenvalue weighted by Crippen LogP contribution is -2.53. The summed E-state index contributed by atoms with van der Waals surface area (Å²) in [4.78, 5) is 25.4. The number of hydrogen-bond donors (Lipinski definition) is 2. The summed E-state index contributed by atoms with van der Waals surface area (Å²) < 4.78 is 0.956. The third-order valence-corrected chi connectivity index (χ3v) is 5.09. The van der Waals surface area contributed by atoms with E-state index in [9.17, 15) is 4.79 Å². The summed E-state index contributed by atoms with van der Waals surface area (Å²) in [5, 5.41) is 6.25. The predicted molar refractivity (Wildman–Crippen MR) is 131 cm³/mol. The molecule has 0 spiro atoms. The Labute approximate surface area is 197 Å². The Balaban J connectivity index is 0.00000300. The van der Waals surface area contributed by atoms with E-state index < -0.39 is 0 Å². The first kappa shape index (κ1) is 23.4. The number of hydrogen-bond acceptors (Lipinski definition) is 4. The number of aromatic nitrogens is 1. The molecule has 1 saturated heterocycles. The fourth-order valence-corrected chi connectivity index (χ4v) is 3.34. The van der Waals surface area contributed by atoms with Crippen molar-refractivity contribution >= 4 is 57.6 Å². The number of guanidine groups is 1. The molecule has 0 aliphatic carbocycles. The SMILES string of the molecule is CN=C(NCCNC(=O)c1ccc(Br)cc1)N1CCN(c2ccccn2)CC1.I. The number of aliphatic imine (C=N–C) groups is 1. The van der Waals surface area contributed by atoms with Crippen LogP contribution in [0.5, 0.6) is 0 Å². The number of amides is 1. The molecule has 1 aromatic heterocycles. The molecule has 2 N–H and O–H groups in total. The largest absolute Gasteiger partial charge is 0.354 e. The standard InChI is InChI=1S/C20H25BrN6O.HI/c1-22-20(25-11-10-24-19(28)16-5-7-17(21)8-6-16)27-14-12-26(13-15-27)18-4-2-3-9-23-18;/h2-9H,10-15H2,1H3,(H,22,25)(H,24,28);1H. The maximum Gasteiger partial charge on any atom is 0.251 e. The van der Waals surface area contributed by atoms with Gasteiger partial charge in [-0.1, -0.05) is 22.0 Å². The molecule has 0 atom stereocenters. The first-order chi connectivity index (χ1) is 13.7. The molecule has 0 unspecified atom stereocenters. The maximum absolute atomic E-state index is 12.1. The van der Waals surface area contributed by atoms with Crippen LogP contribution in [0, 0.1) is 0 Å². The molecule has 1 aromatic carbocycles. The minimum atomic E-state index is -0.0757. The molecule has 3 rings (SSSR count). The molecule has 0 bridgehead atoms. The number of piperazine rings is 1. The van der Waals surface area contributed by atoms with Crippen LogP contribution in [0.15, 0.2) is 58.1 Å². The minimum Gasteiger partial charge on any atom is -0.354 e. The highest BCUT2D eigenvalue weighted by molar-refractivity contribution is 14.0. The molecule has 0 saturated carbocycles. The lowest BCUT2D eigenvalue weighted by Gasteiger charge is -2.37. The third-order valence-electron chi connectivity index (χ3n) is 4.56. The Morgan fingerprint density at radius 1 is 1.07 bits per heavy atom. The molecule has 9 heteroatoms. The highest BCUT2D eigenvalue weighted by atomic mass is 127. The summed E-state index contributed by atoms with van der Waals surface area (Å²) in [7, 11) is 1.79. The van der Waals surface area contributed by atoms with Gasteiger partial charge in [0.2, 0.25) is 0 Å². The number of anilines is 1. The van der Waals surface area contributed by atoms with Gasteiger partial charge in [0.25, 0.3) is 5.91 Å². The third kappa shape index (κ3) is 6.84. The van der Waals surface area contributed by atoms with Gasteiger partial charge in [0, 0.05) is 62.5 Å². The van der Waals surface area contributed by atoms with Crippen LogP contribution in [0.1, 0.15) is 10.4 Å². The van der Waals surface area contributed by atoms with Crippen molar-refractivity contribution in [2.75, 3.05) is 51.2 Å². The van der Waals surface area contributed by atoms with Crippen LogP contribution in [0.3, 0.4) is 0 Å². The van der Waals surface area contributed by atoms with Gasteiger partial charge in [0.1, 0.15) is 5.82 Å². The quantitative estimate of drug-likeness (QED) is 0.249. The van der Waals surface area contributed by atoms with Crippen molar-refractivity contribution in [3.63, 3.8) is 0 Å². The van der Waals surface area contributed by atoms with Gasteiger partial charge < -0.3 is 20.4 Å². The second-order valence-electron chi connectivity index (χ2n) is 6.40. The number of carbonyl (C=O) groups excluding carboxylic acids is 1. The monoisotopic (exact) mass is 572 g/mol. The van der Waals surface area contributed by atoms with E-state index >= 15 is 0 Å². The van der Waals surface area contributed by atoms with E-state index in [1.165, 1.54) is 0 Å². The van der Waals surface area contributed by atoms with E-state index in [1.54, 1.807) is 19.2 Å². The van der Waals surface area contributed by atoms with Gasteiger partial charge in [0.05, 0.1) is 0 Å². The second-order valence-corrected chi connectivity index (χ2v) is 7.31. The molecule has 7 nitrogen and oxygen atoms in total. The zero-order chi connectivity index (χ0) is 19.8. The smallest absolute Gasteiger partial charge is 0.251 e. The Bertz CT molecular complexity index is 794. The molecule has 29 heavy (non-hydrogen) atoms. The van der Waals surface area contributed by atoms with Gasteiger partial charge in [-0.15, -0.1) is 24.0 Å². The summed E-state index contributed by atoms with van der Waals surface area (Å²) in [5.74, 6) is 1.80. The average Bonchev–Trinajstić information content (AvgIpc) is 2.75. The van der Waals surface area contributed by atoms with Gasteiger partial charge in [-0.2, -0.15) is 0 Å². The van der Waals surface area contributed by atoms with Gasteiger partial charge in [0.15, 0.2) is 5.96 Å². The van der Waals surface area contributed by atoms with E-state index in [-0.39, 0.29) is 29.9 Å². The van der Waals surface area contributed by atoms with Crippen molar-refractivity contribution in [3.05, 3.63) is 58.7 Å². The number of pyridine rings is 1. The van der Waals surface area contributed by atoms with Gasteiger partial charge in [-0.05, 0) is 36.4 Å². The Hall–Kier alpha value is -1.88. The second kappa shape index (κ2) is 12.0. The maximum atomic E-state index is 12.1. The average molecular weight is 573 g/mol.